The molecule has 0 aliphatic carbocycles. The van der Waals surface area contributed by atoms with Crippen LogP contribution in [0.4, 0.5) is 11.4 Å². The molecule has 134 valence electrons. The highest BCUT2D eigenvalue weighted by Crippen LogP contribution is 2.35. The lowest BCUT2D eigenvalue weighted by atomic mass is 10.1. The quantitative estimate of drug-likeness (QED) is 0.740. The number of benzene rings is 2. The lowest BCUT2D eigenvalue weighted by molar-refractivity contribution is 0.594. The fraction of sp³-hybridized carbons (Fsp3) is 0.222. The van der Waals surface area contributed by atoms with Crippen LogP contribution >= 0.6 is 11.3 Å². The van der Waals surface area contributed by atoms with Crippen LogP contribution < -0.4 is 10.6 Å². The summed E-state index contributed by atoms with van der Waals surface area (Å²) >= 11 is 1.58. The average Bonchev–Trinajstić information content (AvgIpc) is 3.09. The van der Waals surface area contributed by atoms with Crippen LogP contribution in [0.25, 0.3) is 10.2 Å². The smallest absolute Gasteiger partial charge is 0.178 e. The third-order valence-corrected chi connectivity index (χ3v) is 7.11. The molecule has 3 aromatic rings. The van der Waals surface area contributed by atoms with Crippen LogP contribution in [0.15, 0.2) is 51.8 Å². The molecule has 1 unspecified atom stereocenters. The molecule has 0 saturated heterocycles. The van der Waals surface area contributed by atoms with E-state index in [9.17, 15) is 8.42 Å². The van der Waals surface area contributed by atoms with Crippen molar-refractivity contribution in [3.63, 3.8) is 0 Å². The molecular formula is C18H18N4O2S2. The highest BCUT2D eigenvalue weighted by Gasteiger charge is 2.25. The molecule has 8 heteroatoms. The van der Waals surface area contributed by atoms with Gasteiger partial charge in [-0.1, -0.05) is 6.92 Å². The molecule has 26 heavy (non-hydrogen) atoms. The van der Waals surface area contributed by atoms with Gasteiger partial charge in [0.25, 0.3) is 0 Å². The zero-order chi connectivity index (χ0) is 18.3. The number of sulfone groups is 1. The Hall–Kier alpha value is -2.29. The van der Waals surface area contributed by atoms with E-state index >= 15 is 0 Å². The number of aliphatic imine (C=N–C) groups is 1. The molecule has 0 radical (unpaired) electrons. The van der Waals surface area contributed by atoms with E-state index in [1.165, 1.54) is 0 Å². The Morgan fingerprint density at radius 3 is 2.88 bits per heavy atom. The fourth-order valence-electron chi connectivity index (χ4n) is 3.05. The maximum atomic E-state index is 12.4. The van der Waals surface area contributed by atoms with Gasteiger partial charge in [-0.15, -0.1) is 11.3 Å². The summed E-state index contributed by atoms with van der Waals surface area (Å²) in [6.07, 6.45) is 1.74. The summed E-state index contributed by atoms with van der Waals surface area (Å²) in [4.78, 5) is 10.9. The Morgan fingerprint density at radius 2 is 2.08 bits per heavy atom. The van der Waals surface area contributed by atoms with E-state index in [0.29, 0.717) is 22.6 Å². The number of rotatable bonds is 4. The van der Waals surface area contributed by atoms with E-state index in [2.05, 4.69) is 9.98 Å². The highest BCUT2D eigenvalue weighted by molar-refractivity contribution is 7.91. The van der Waals surface area contributed by atoms with Gasteiger partial charge in [0.2, 0.25) is 0 Å². The van der Waals surface area contributed by atoms with Gasteiger partial charge in [0.15, 0.2) is 9.84 Å². The van der Waals surface area contributed by atoms with Crippen molar-refractivity contribution in [1.82, 2.24) is 4.98 Å². The molecule has 2 N–H and O–H groups in total. The Morgan fingerprint density at radius 1 is 1.23 bits per heavy atom. The first kappa shape index (κ1) is 17.1. The van der Waals surface area contributed by atoms with Gasteiger partial charge >= 0.3 is 0 Å². The number of nitrogens with two attached hydrogens (primary N) is 1. The van der Waals surface area contributed by atoms with Gasteiger partial charge in [-0.2, -0.15) is 0 Å². The second-order valence-electron chi connectivity index (χ2n) is 6.14. The molecule has 0 saturated carbocycles. The number of hydrogen-bond donors (Lipinski definition) is 1. The number of hydrogen-bond acceptors (Lipinski definition) is 7. The first-order chi connectivity index (χ1) is 12.5. The second-order valence-corrected chi connectivity index (χ2v) is 9.14. The molecule has 0 bridgehead atoms. The predicted octanol–water partition coefficient (Wildman–Crippen LogP) is 3.62. The van der Waals surface area contributed by atoms with Crippen LogP contribution in [0.1, 0.15) is 25.1 Å². The van der Waals surface area contributed by atoms with Crippen molar-refractivity contribution in [2.24, 2.45) is 10.7 Å². The zero-order valence-corrected chi connectivity index (χ0v) is 15.8. The molecule has 1 aliphatic heterocycles. The molecule has 2 aromatic carbocycles. The van der Waals surface area contributed by atoms with E-state index in [0.717, 1.165) is 15.9 Å². The molecule has 1 atom stereocenters. The predicted molar refractivity (Wildman–Crippen MR) is 106 cm³/mol. The topological polar surface area (TPSA) is 88.6 Å². The van der Waals surface area contributed by atoms with Crippen LogP contribution in [0.2, 0.25) is 0 Å². The zero-order valence-electron chi connectivity index (χ0n) is 14.2. The van der Waals surface area contributed by atoms with Crippen LogP contribution in [-0.4, -0.2) is 25.5 Å². The van der Waals surface area contributed by atoms with Gasteiger partial charge in [-0.25, -0.2) is 18.4 Å². The summed E-state index contributed by atoms with van der Waals surface area (Å²) < 4.78 is 25.9. The average molecular weight is 387 g/mol. The molecule has 4 rings (SSSR count). The number of thiazole rings is 1. The van der Waals surface area contributed by atoms with Gasteiger partial charge in [0, 0.05) is 11.3 Å². The monoisotopic (exact) mass is 386 g/mol. The standard InChI is InChI=1S/C18H18N4O2S2/c1-2-7-26(23,24)13-4-5-15-14(9-13)18(19)22(10-20-15)12-3-6-17-16(8-12)21-11-25-17/h3-6,8-11,18H,2,7,19H2,1H3. The van der Waals surface area contributed by atoms with Crippen molar-refractivity contribution in [3.05, 3.63) is 47.5 Å². The minimum atomic E-state index is -3.31. The van der Waals surface area contributed by atoms with Crippen LogP contribution in [0.5, 0.6) is 0 Å². The van der Waals surface area contributed by atoms with E-state index in [-0.39, 0.29) is 5.75 Å². The normalized spacial score (nSPS) is 16.8. The lowest BCUT2D eigenvalue weighted by Crippen LogP contribution is -2.35. The van der Waals surface area contributed by atoms with Gasteiger partial charge in [0.1, 0.15) is 6.17 Å². The largest absolute Gasteiger partial charge is 0.312 e. The van der Waals surface area contributed by atoms with Crippen molar-refractivity contribution in [2.75, 3.05) is 10.7 Å². The minimum Gasteiger partial charge on any atom is -0.312 e. The van der Waals surface area contributed by atoms with Crippen LogP contribution in [0.3, 0.4) is 0 Å². The van der Waals surface area contributed by atoms with Crippen LogP contribution in [0, 0.1) is 0 Å². The Balaban J connectivity index is 1.74. The van der Waals surface area contributed by atoms with E-state index in [1.807, 2.05) is 30.0 Å². The van der Waals surface area contributed by atoms with E-state index in [4.69, 9.17) is 5.73 Å². The summed E-state index contributed by atoms with van der Waals surface area (Å²) in [6.45, 7) is 1.85. The third kappa shape index (κ3) is 2.90. The van der Waals surface area contributed by atoms with Crippen molar-refractivity contribution in [3.8, 4) is 0 Å². The van der Waals surface area contributed by atoms with E-state index < -0.39 is 16.0 Å². The summed E-state index contributed by atoms with van der Waals surface area (Å²) in [5.74, 6) is 0.120. The molecule has 0 spiro atoms. The molecule has 0 fully saturated rings. The molecule has 2 heterocycles. The lowest BCUT2D eigenvalue weighted by Gasteiger charge is -2.31. The van der Waals surface area contributed by atoms with Gasteiger partial charge in [0.05, 0.1) is 38.4 Å². The van der Waals surface area contributed by atoms with Gasteiger partial charge in [-0.05, 0) is 42.8 Å². The second kappa shape index (κ2) is 6.46. The molecule has 1 aliphatic rings. The maximum Gasteiger partial charge on any atom is 0.178 e. The van der Waals surface area contributed by atoms with Crippen molar-refractivity contribution in [1.29, 1.82) is 0 Å². The summed E-state index contributed by atoms with van der Waals surface area (Å²) in [5, 5.41) is 0. The third-order valence-electron chi connectivity index (χ3n) is 4.38. The van der Waals surface area contributed by atoms with Crippen molar-refractivity contribution >= 4 is 49.1 Å². The number of nitrogens with zero attached hydrogens (tertiary/aromatic N) is 3. The first-order valence-electron chi connectivity index (χ1n) is 8.27. The summed E-state index contributed by atoms with van der Waals surface area (Å²) in [6, 6.07) is 10.9. The van der Waals surface area contributed by atoms with Crippen LogP contribution in [-0.2, 0) is 9.84 Å². The maximum absolute atomic E-state index is 12.4. The Bertz CT molecular complexity index is 1110. The molecule has 6 nitrogen and oxygen atoms in total. The summed E-state index contributed by atoms with van der Waals surface area (Å²) in [5.41, 5.74) is 11.4. The number of anilines is 1. The Kier molecular flexibility index (Phi) is 4.26. The van der Waals surface area contributed by atoms with E-state index in [1.54, 1.807) is 41.4 Å². The SMILES string of the molecule is CCCS(=O)(=O)c1ccc2c(c1)C(N)N(c1ccc3scnc3c1)C=N2. The molecular weight excluding hydrogens is 368 g/mol. The number of fused-ring (bicyclic) bond motifs is 2. The fourth-order valence-corrected chi connectivity index (χ4v) is 5.06. The van der Waals surface area contributed by atoms with Crippen molar-refractivity contribution < 1.29 is 8.42 Å². The van der Waals surface area contributed by atoms with Crippen molar-refractivity contribution in [2.45, 2.75) is 24.4 Å². The molecule has 0 amide bonds. The van der Waals surface area contributed by atoms with Gasteiger partial charge in [-0.3, -0.25) is 0 Å². The van der Waals surface area contributed by atoms with Gasteiger partial charge < -0.3 is 10.6 Å². The number of aromatic nitrogens is 1. The first-order valence-corrected chi connectivity index (χ1v) is 10.8. The Labute approximate surface area is 155 Å². The highest BCUT2D eigenvalue weighted by atomic mass is 32.2. The summed E-state index contributed by atoms with van der Waals surface area (Å²) in [7, 11) is -3.31. The minimum absolute atomic E-state index is 0.120. The molecule has 1 aromatic heterocycles.